The molecule has 0 aliphatic heterocycles. The molecule has 1 aromatic rings. The summed E-state index contributed by atoms with van der Waals surface area (Å²) in [5.41, 5.74) is 1.83. The van der Waals surface area contributed by atoms with Gasteiger partial charge in [-0.05, 0) is 6.42 Å². The predicted octanol–water partition coefficient (Wildman–Crippen LogP) is 2.69. The molecule has 2 nitrogen and oxygen atoms in total. The molecule has 0 bridgehead atoms. The maximum atomic E-state index is 11.4. The first-order valence-corrected chi connectivity index (χ1v) is 5.13. The largest absolute Gasteiger partial charge is 0.468 e. The fourth-order valence-electron chi connectivity index (χ4n) is 1.59. The van der Waals surface area contributed by atoms with Crippen LogP contribution in [0.15, 0.2) is 10.7 Å². The molecule has 1 heterocycles. The molecule has 0 N–H and O–H groups in total. The summed E-state index contributed by atoms with van der Waals surface area (Å²) in [5.74, 6) is 1.11. The number of aryl methyl sites for hydroxylation is 1. The maximum absolute atomic E-state index is 11.4. The predicted molar refractivity (Wildman–Crippen MR) is 48.6 cm³/mol. The molecule has 3 heteroatoms. The first-order valence-electron chi connectivity index (χ1n) is 4.01. The third kappa shape index (κ3) is 1.12. The van der Waals surface area contributed by atoms with E-state index >= 15 is 0 Å². The topological polar surface area (TPSA) is 30.2 Å². The number of fused-ring (bicyclic) bond motifs is 1. The molecule has 0 saturated carbocycles. The molecular weight excluding hydrogens is 220 g/mol. The van der Waals surface area contributed by atoms with Crippen LogP contribution in [0.2, 0.25) is 0 Å². The van der Waals surface area contributed by atoms with E-state index in [1.807, 2.05) is 0 Å². The van der Waals surface area contributed by atoms with Gasteiger partial charge in [-0.3, -0.25) is 4.79 Å². The standard InChI is InChI=1S/C9H9BrO2/c10-4-6-5-12-8-3-1-2-7(11)9(6)8/h5H,1-4H2. The van der Waals surface area contributed by atoms with Crippen LogP contribution in [-0.4, -0.2) is 5.78 Å². The lowest BCUT2D eigenvalue weighted by molar-refractivity contribution is 0.0969. The van der Waals surface area contributed by atoms with E-state index in [1.165, 1.54) is 0 Å². The van der Waals surface area contributed by atoms with Gasteiger partial charge in [0, 0.05) is 23.7 Å². The van der Waals surface area contributed by atoms with Crippen molar-refractivity contribution in [2.45, 2.75) is 24.6 Å². The molecule has 1 aliphatic carbocycles. The van der Waals surface area contributed by atoms with Gasteiger partial charge in [-0.15, -0.1) is 0 Å². The van der Waals surface area contributed by atoms with Crippen molar-refractivity contribution in [3.05, 3.63) is 23.2 Å². The molecule has 64 valence electrons. The Morgan fingerprint density at radius 2 is 2.33 bits per heavy atom. The van der Waals surface area contributed by atoms with Gasteiger partial charge >= 0.3 is 0 Å². The van der Waals surface area contributed by atoms with E-state index < -0.39 is 0 Å². The Hall–Kier alpha value is -0.570. The van der Waals surface area contributed by atoms with Gasteiger partial charge in [-0.2, -0.15) is 0 Å². The summed E-state index contributed by atoms with van der Waals surface area (Å²) in [4.78, 5) is 11.4. The maximum Gasteiger partial charge on any atom is 0.166 e. The van der Waals surface area contributed by atoms with E-state index in [-0.39, 0.29) is 5.78 Å². The van der Waals surface area contributed by atoms with Crippen molar-refractivity contribution in [3.8, 4) is 0 Å². The number of ketones is 1. The zero-order valence-electron chi connectivity index (χ0n) is 6.60. The van der Waals surface area contributed by atoms with E-state index in [4.69, 9.17) is 4.42 Å². The molecule has 0 aromatic carbocycles. The highest BCUT2D eigenvalue weighted by Crippen LogP contribution is 2.27. The number of hydrogen-bond donors (Lipinski definition) is 0. The van der Waals surface area contributed by atoms with Crippen molar-refractivity contribution in [3.63, 3.8) is 0 Å². The van der Waals surface area contributed by atoms with Crippen molar-refractivity contribution in [1.82, 2.24) is 0 Å². The number of halogens is 1. The number of rotatable bonds is 1. The summed E-state index contributed by atoms with van der Waals surface area (Å²) >= 11 is 3.33. The Bertz CT molecular complexity index is 301. The average molecular weight is 229 g/mol. The van der Waals surface area contributed by atoms with Crippen molar-refractivity contribution < 1.29 is 9.21 Å². The molecule has 0 radical (unpaired) electrons. The van der Waals surface area contributed by atoms with Gasteiger partial charge < -0.3 is 4.42 Å². The monoisotopic (exact) mass is 228 g/mol. The summed E-state index contributed by atoms with van der Waals surface area (Å²) in [7, 11) is 0. The summed E-state index contributed by atoms with van der Waals surface area (Å²) in [5, 5.41) is 0.706. The Balaban J connectivity index is 2.50. The molecule has 1 aliphatic rings. The Labute approximate surface area is 79.1 Å². The minimum absolute atomic E-state index is 0.236. The second-order valence-corrected chi connectivity index (χ2v) is 3.53. The third-order valence-electron chi connectivity index (χ3n) is 2.17. The fraction of sp³-hybridized carbons (Fsp3) is 0.444. The fourth-order valence-corrected chi connectivity index (χ4v) is 2.00. The van der Waals surface area contributed by atoms with Crippen LogP contribution in [0.1, 0.15) is 34.5 Å². The van der Waals surface area contributed by atoms with Gasteiger partial charge in [-0.25, -0.2) is 0 Å². The van der Waals surface area contributed by atoms with Crippen molar-refractivity contribution >= 4 is 21.7 Å². The lowest BCUT2D eigenvalue weighted by Gasteiger charge is -2.08. The second kappa shape index (κ2) is 3.05. The first-order chi connectivity index (χ1) is 5.83. The van der Waals surface area contributed by atoms with E-state index in [0.29, 0.717) is 11.8 Å². The van der Waals surface area contributed by atoms with Crippen LogP contribution in [0.3, 0.4) is 0 Å². The number of furan rings is 1. The number of alkyl halides is 1. The molecule has 1 aromatic heterocycles. The summed E-state index contributed by atoms with van der Waals surface area (Å²) in [6.07, 6.45) is 4.20. The van der Waals surface area contributed by atoms with Crippen molar-refractivity contribution in [1.29, 1.82) is 0 Å². The normalized spacial score (nSPS) is 16.2. The Morgan fingerprint density at radius 1 is 1.50 bits per heavy atom. The van der Waals surface area contributed by atoms with Gasteiger partial charge in [0.15, 0.2) is 5.78 Å². The molecule has 2 rings (SSSR count). The first kappa shape index (κ1) is 8.05. The summed E-state index contributed by atoms with van der Waals surface area (Å²) in [6.45, 7) is 0. The van der Waals surface area contributed by atoms with Crippen LogP contribution in [0.4, 0.5) is 0 Å². The second-order valence-electron chi connectivity index (χ2n) is 2.97. The molecule has 0 fully saturated rings. The molecule has 0 spiro atoms. The molecule has 0 unspecified atom stereocenters. The molecule has 12 heavy (non-hydrogen) atoms. The van der Waals surface area contributed by atoms with Gasteiger partial charge in [0.05, 0.1) is 11.8 Å². The molecule has 0 saturated heterocycles. The highest BCUT2D eigenvalue weighted by molar-refractivity contribution is 9.08. The van der Waals surface area contributed by atoms with Gasteiger partial charge in [0.25, 0.3) is 0 Å². The van der Waals surface area contributed by atoms with E-state index in [1.54, 1.807) is 6.26 Å². The zero-order chi connectivity index (χ0) is 8.55. The SMILES string of the molecule is O=C1CCCc2occ(CBr)c21. The zero-order valence-corrected chi connectivity index (χ0v) is 8.19. The number of Topliss-reactive ketones (excluding diaryl/α,β-unsaturated/α-hetero) is 1. The van der Waals surface area contributed by atoms with Crippen LogP contribution in [0, 0.1) is 0 Å². The highest BCUT2D eigenvalue weighted by Gasteiger charge is 2.23. The van der Waals surface area contributed by atoms with Crippen molar-refractivity contribution in [2.24, 2.45) is 0 Å². The van der Waals surface area contributed by atoms with E-state index in [9.17, 15) is 4.79 Å². The van der Waals surface area contributed by atoms with Crippen LogP contribution < -0.4 is 0 Å². The quantitative estimate of drug-likeness (QED) is 0.693. The van der Waals surface area contributed by atoms with Gasteiger partial charge in [-0.1, -0.05) is 15.9 Å². The minimum atomic E-state index is 0.236. The van der Waals surface area contributed by atoms with Gasteiger partial charge in [0.1, 0.15) is 5.76 Å². The number of carbonyl (C=O) groups is 1. The number of hydrogen-bond acceptors (Lipinski definition) is 2. The average Bonchev–Trinajstić information content (AvgIpc) is 2.49. The molecule has 0 amide bonds. The summed E-state index contributed by atoms with van der Waals surface area (Å²) in [6, 6.07) is 0. The van der Waals surface area contributed by atoms with Crippen molar-refractivity contribution in [2.75, 3.05) is 0 Å². The summed E-state index contributed by atoms with van der Waals surface area (Å²) < 4.78 is 5.30. The smallest absolute Gasteiger partial charge is 0.166 e. The Morgan fingerprint density at radius 3 is 3.08 bits per heavy atom. The lowest BCUT2D eigenvalue weighted by Crippen LogP contribution is -2.09. The van der Waals surface area contributed by atoms with Crippen LogP contribution in [0.5, 0.6) is 0 Å². The third-order valence-corrected chi connectivity index (χ3v) is 2.78. The van der Waals surface area contributed by atoms with Crippen LogP contribution in [-0.2, 0) is 11.8 Å². The molecule has 0 atom stereocenters. The number of carbonyl (C=O) groups excluding carboxylic acids is 1. The van der Waals surface area contributed by atoms with Crippen LogP contribution >= 0.6 is 15.9 Å². The van der Waals surface area contributed by atoms with E-state index in [2.05, 4.69) is 15.9 Å². The van der Waals surface area contributed by atoms with E-state index in [0.717, 1.165) is 29.7 Å². The molecular formula is C9H9BrO2. The van der Waals surface area contributed by atoms with Gasteiger partial charge in [0.2, 0.25) is 0 Å². The minimum Gasteiger partial charge on any atom is -0.468 e. The highest BCUT2D eigenvalue weighted by atomic mass is 79.9. The lowest BCUT2D eigenvalue weighted by atomic mass is 9.95. The Kier molecular flexibility index (Phi) is 2.05. The van der Waals surface area contributed by atoms with Crippen LogP contribution in [0.25, 0.3) is 0 Å².